The Labute approximate surface area is 98.0 Å². The van der Waals surface area contributed by atoms with Crippen molar-refractivity contribution in [1.82, 2.24) is 4.98 Å². The molecule has 0 unspecified atom stereocenters. The third kappa shape index (κ3) is 3.04. The van der Waals surface area contributed by atoms with Gasteiger partial charge in [0.2, 0.25) is 0 Å². The monoisotopic (exact) mass is 275 g/mol. The molecule has 0 aliphatic heterocycles. The summed E-state index contributed by atoms with van der Waals surface area (Å²) in [6.07, 6.45) is -7.82. The van der Waals surface area contributed by atoms with E-state index < -0.39 is 47.6 Å². The van der Waals surface area contributed by atoms with E-state index in [1.54, 1.807) is 0 Å². The Kier molecular flexibility index (Phi) is 4.26. The predicted molar refractivity (Wildman–Crippen MR) is 49.7 cm³/mol. The first kappa shape index (κ1) is 14.1. The largest absolute Gasteiger partial charge is 0.418 e. The van der Waals surface area contributed by atoms with E-state index in [1.165, 1.54) is 0 Å². The molecule has 0 aromatic carbocycles. The lowest BCUT2D eigenvalue weighted by Crippen LogP contribution is -2.15. The van der Waals surface area contributed by atoms with Gasteiger partial charge in [0.25, 0.3) is 6.43 Å². The fraction of sp³-hybridized carbons (Fsp3) is 0.444. The number of aliphatic hydroxyl groups is 1. The quantitative estimate of drug-likeness (QED) is 0.678. The molecule has 0 bridgehead atoms. The second-order valence-electron chi connectivity index (χ2n) is 3.12. The maximum absolute atomic E-state index is 12.6. The van der Waals surface area contributed by atoms with Crippen molar-refractivity contribution in [2.24, 2.45) is 0 Å². The minimum absolute atomic E-state index is 0.531. The van der Waals surface area contributed by atoms with Gasteiger partial charge in [-0.25, -0.2) is 13.8 Å². The van der Waals surface area contributed by atoms with E-state index in [0.29, 0.717) is 6.07 Å². The second kappa shape index (κ2) is 5.14. The zero-order chi connectivity index (χ0) is 13.2. The van der Waals surface area contributed by atoms with Crippen molar-refractivity contribution < 1.29 is 27.1 Å². The first-order valence-corrected chi connectivity index (χ1v) is 4.89. The van der Waals surface area contributed by atoms with E-state index in [9.17, 15) is 22.0 Å². The summed E-state index contributed by atoms with van der Waals surface area (Å²) in [5.74, 6) is -0.664. The van der Waals surface area contributed by atoms with Crippen LogP contribution in [-0.2, 0) is 18.7 Å². The smallest absolute Gasteiger partial charge is 0.392 e. The predicted octanol–water partition coefficient (Wildman–Crippen LogP) is 3.27. The highest BCUT2D eigenvalue weighted by Gasteiger charge is 2.37. The van der Waals surface area contributed by atoms with Crippen molar-refractivity contribution in [3.63, 3.8) is 0 Å². The molecule has 0 radical (unpaired) electrons. The van der Waals surface area contributed by atoms with Crippen LogP contribution in [0.2, 0.25) is 0 Å². The number of halogens is 6. The molecular formula is C9H7ClF5NO. The Morgan fingerprint density at radius 2 is 1.94 bits per heavy atom. The summed E-state index contributed by atoms with van der Waals surface area (Å²) < 4.78 is 62.6. The molecular weight excluding hydrogens is 269 g/mol. The Morgan fingerprint density at radius 1 is 1.35 bits per heavy atom. The summed E-state index contributed by atoms with van der Waals surface area (Å²) in [5, 5.41) is 8.79. The average molecular weight is 276 g/mol. The molecule has 1 rings (SSSR count). The zero-order valence-corrected chi connectivity index (χ0v) is 8.99. The molecule has 0 aliphatic rings. The number of hydrogen-bond acceptors (Lipinski definition) is 2. The van der Waals surface area contributed by atoms with Gasteiger partial charge in [-0.2, -0.15) is 13.2 Å². The van der Waals surface area contributed by atoms with Gasteiger partial charge in [-0.05, 0) is 11.6 Å². The van der Waals surface area contributed by atoms with Crippen molar-refractivity contribution in [3.8, 4) is 0 Å². The topological polar surface area (TPSA) is 33.1 Å². The van der Waals surface area contributed by atoms with Crippen LogP contribution in [-0.4, -0.2) is 10.1 Å². The molecule has 0 saturated heterocycles. The standard InChI is InChI=1S/C9H7ClF5NO/c10-2-6-7(9(13,14)15)4(3-17)1-5(16-6)8(11)12/h1,8,17H,2-3H2. The van der Waals surface area contributed by atoms with E-state index in [4.69, 9.17) is 16.7 Å². The van der Waals surface area contributed by atoms with E-state index in [2.05, 4.69) is 4.98 Å². The van der Waals surface area contributed by atoms with Crippen LogP contribution < -0.4 is 0 Å². The van der Waals surface area contributed by atoms with Crippen molar-refractivity contribution in [3.05, 3.63) is 28.6 Å². The van der Waals surface area contributed by atoms with Gasteiger partial charge in [-0.15, -0.1) is 11.6 Å². The molecule has 0 amide bonds. The number of nitrogens with zero attached hydrogens (tertiary/aromatic N) is 1. The molecule has 1 N–H and O–H groups in total. The molecule has 1 aromatic rings. The normalized spacial score (nSPS) is 12.2. The van der Waals surface area contributed by atoms with Gasteiger partial charge in [0, 0.05) is 0 Å². The summed E-state index contributed by atoms with van der Waals surface area (Å²) in [7, 11) is 0. The number of pyridine rings is 1. The van der Waals surface area contributed by atoms with Crippen LogP contribution in [0.1, 0.15) is 28.9 Å². The second-order valence-corrected chi connectivity index (χ2v) is 3.39. The van der Waals surface area contributed by atoms with Crippen molar-refractivity contribution in [1.29, 1.82) is 0 Å². The SMILES string of the molecule is OCc1cc(C(F)F)nc(CCl)c1C(F)(F)F. The highest BCUT2D eigenvalue weighted by Crippen LogP contribution is 2.36. The fourth-order valence-electron chi connectivity index (χ4n) is 1.36. The highest BCUT2D eigenvalue weighted by atomic mass is 35.5. The maximum atomic E-state index is 12.6. The molecule has 1 heterocycles. The van der Waals surface area contributed by atoms with Crippen LogP contribution in [0.4, 0.5) is 22.0 Å². The number of alkyl halides is 6. The van der Waals surface area contributed by atoms with E-state index >= 15 is 0 Å². The molecule has 1 aromatic heterocycles. The van der Waals surface area contributed by atoms with Crippen molar-refractivity contribution in [2.75, 3.05) is 0 Å². The van der Waals surface area contributed by atoms with Gasteiger partial charge >= 0.3 is 6.18 Å². The van der Waals surface area contributed by atoms with Gasteiger partial charge in [0.05, 0.1) is 23.7 Å². The third-order valence-electron chi connectivity index (χ3n) is 2.00. The van der Waals surface area contributed by atoms with Crippen molar-refractivity contribution in [2.45, 2.75) is 25.1 Å². The number of rotatable bonds is 3. The average Bonchev–Trinajstić information content (AvgIpc) is 2.25. The molecule has 8 heteroatoms. The van der Waals surface area contributed by atoms with E-state index in [1.807, 2.05) is 0 Å². The molecule has 0 aliphatic carbocycles. The number of aliphatic hydroxyl groups excluding tert-OH is 1. The number of hydrogen-bond donors (Lipinski definition) is 1. The lowest BCUT2D eigenvalue weighted by molar-refractivity contribution is -0.139. The summed E-state index contributed by atoms with van der Waals surface area (Å²) >= 11 is 5.25. The molecule has 2 nitrogen and oxygen atoms in total. The molecule has 17 heavy (non-hydrogen) atoms. The third-order valence-corrected chi connectivity index (χ3v) is 2.25. The minimum Gasteiger partial charge on any atom is -0.392 e. The maximum Gasteiger partial charge on any atom is 0.418 e. The summed E-state index contributed by atoms with van der Waals surface area (Å²) in [6.45, 7) is -1.01. The zero-order valence-electron chi connectivity index (χ0n) is 8.23. The van der Waals surface area contributed by atoms with Gasteiger partial charge in [-0.3, -0.25) is 0 Å². The lowest BCUT2D eigenvalue weighted by Gasteiger charge is -2.16. The lowest BCUT2D eigenvalue weighted by atomic mass is 10.1. The van der Waals surface area contributed by atoms with Gasteiger partial charge in [-0.1, -0.05) is 0 Å². The van der Waals surface area contributed by atoms with Crippen LogP contribution in [0.15, 0.2) is 6.07 Å². The molecule has 0 atom stereocenters. The van der Waals surface area contributed by atoms with Crippen molar-refractivity contribution >= 4 is 11.6 Å². The summed E-state index contributed by atoms with van der Waals surface area (Å²) in [6, 6.07) is 0.531. The Bertz CT molecular complexity index is 382. The van der Waals surface area contributed by atoms with Crippen LogP contribution in [0.5, 0.6) is 0 Å². The first-order chi connectivity index (χ1) is 7.81. The minimum atomic E-state index is -4.80. The molecule has 0 spiro atoms. The van der Waals surface area contributed by atoms with Gasteiger partial charge in [0.1, 0.15) is 5.69 Å². The first-order valence-electron chi connectivity index (χ1n) is 4.36. The summed E-state index contributed by atoms with van der Waals surface area (Å²) in [4.78, 5) is 3.15. The fourth-order valence-corrected chi connectivity index (χ4v) is 1.55. The Balaban J connectivity index is 3.47. The number of aromatic nitrogens is 1. The van der Waals surface area contributed by atoms with Crippen LogP contribution in [0.25, 0.3) is 0 Å². The van der Waals surface area contributed by atoms with Crippen LogP contribution in [0, 0.1) is 0 Å². The van der Waals surface area contributed by atoms with E-state index in [-0.39, 0.29) is 0 Å². The van der Waals surface area contributed by atoms with Crippen LogP contribution >= 0.6 is 11.6 Å². The van der Waals surface area contributed by atoms with Gasteiger partial charge < -0.3 is 5.11 Å². The molecule has 96 valence electrons. The molecule has 0 fully saturated rings. The molecule has 0 saturated carbocycles. The summed E-state index contributed by atoms with van der Waals surface area (Å²) in [5.41, 5.74) is -3.45. The Morgan fingerprint density at radius 3 is 2.29 bits per heavy atom. The van der Waals surface area contributed by atoms with Gasteiger partial charge in [0.15, 0.2) is 0 Å². The Hall–Kier alpha value is -0.950. The highest BCUT2D eigenvalue weighted by molar-refractivity contribution is 6.17. The van der Waals surface area contributed by atoms with Crippen LogP contribution in [0.3, 0.4) is 0 Å². The van der Waals surface area contributed by atoms with E-state index in [0.717, 1.165) is 0 Å².